The third kappa shape index (κ3) is 3.99. The zero-order chi connectivity index (χ0) is 12.0. The van der Waals surface area contributed by atoms with E-state index in [-0.39, 0.29) is 12.0 Å². The van der Waals surface area contributed by atoms with Gasteiger partial charge in [0.2, 0.25) is 0 Å². The molecule has 3 nitrogen and oxygen atoms in total. The van der Waals surface area contributed by atoms with E-state index in [1.807, 2.05) is 0 Å². The van der Waals surface area contributed by atoms with Crippen LogP contribution in [-0.2, 0) is 13.1 Å². The molecule has 0 spiro atoms. The third-order valence-electron chi connectivity index (χ3n) is 2.73. The molecule has 92 valence electrons. The van der Waals surface area contributed by atoms with Crippen molar-refractivity contribution in [2.75, 3.05) is 13.2 Å². The number of hydrogen-bond donors (Lipinski definition) is 2. The van der Waals surface area contributed by atoms with Crippen molar-refractivity contribution < 1.29 is 5.11 Å². The Morgan fingerprint density at radius 2 is 2.19 bits per heavy atom. The molecule has 0 atom stereocenters. The van der Waals surface area contributed by atoms with Crippen molar-refractivity contribution in [3.05, 3.63) is 24.0 Å². The fourth-order valence-corrected chi connectivity index (χ4v) is 1.65. The van der Waals surface area contributed by atoms with Gasteiger partial charge in [-0.05, 0) is 18.6 Å². The predicted molar refractivity (Wildman–Crippen MR) is 67.3 cm³/mol. The van der Waals surface area contributed by atoms with Crippen LogP contribution in [0, 0.1) is 5.41 Å². The molecule has 0 aliphatic rings. The van der Waals surface area contributed by atoms with Gasteiger partial charge in [-0.15, -0.1) is 0 Å². The summed E-state index contributed by atoms with van der Waals surface area (Å²) in [7, 11) is 0. The lowest BCUT2D eigenvalue weighted by atomic mass is 9.95. The van der Waals surface area contributed by atoms with Crippen LogP contribution in [0.25, 0.3) is 0 Å². The van der Waals surface area contributed by atoms with Crippen LogP contribution in [0.4, 0.5) is 0 Å². The summed E-state index contributed by atoms with van der Waals surface area (Å²) in [5.41, 5.74) is 1.28. The molecule has 2 N–H and O–H groups in total. The molecule has 0 saturated heterocycles. The monoisotopic (exact) mass is 224 g/mol. The lowest BCUT2D eigenvalue weighted by molar-refractivity contribution is 0.156. The van der Waals surface area contributed by atoms with Crippen molar-refractivity contribution in [1.82, 2.24) is 9.88 Å². The van der Waals surface area contributed by atoms with Gasteiger partial charge in [0.25, 0.3) is 0 Å². The van der Waals surface area contributed by atoms with Crippen molar-refractivity contribution in [1.29, 1.82) is 0 Å². The fraction of sp³-hybridized carbons (Fsp3) is 0.692. The van der Waals surface area contributed by atoms with Crippen LogP contribution < -0.4 is 5.32 Å². The summed E-state index contributed by atoms with van der Waals surface area (Å²) in [6.07, 6.45) is 3.28. The number of aryl methyl sites for hydroxylation is 1. The average Bonchev–Trinajstić information content (AvgIpc) is 2.66. The zero-order valence-corrected chi connectivity index (χ0v) is 10.7. The summed E-state index contributed by atoms with van der Waals surface area (Å²) in [6.45, 7) is 9.31. The molecule has 0 bridgehead atoms. The van der Waals surface area contributed by atoms with E-state index in [0.29, 0.717) is 0 Å². The Bertz CT molecular complexity index is 305. The van der Waals surface area contributed by atoms with Gasteiger partial charge in [0, 0.05) is 43.5 Å². The highest BCUT2D eigenvalue weighted by Crippen LogP contribution is 2.12. The van der Waals surface area contributed by atoms with Crippen LogP contribution in [-0.4, -0.2) is 22.8 Å². The zero-order valence-electron chi connectivity index (χ0n) is 10.7. The first-order chi connectivity index (χ1) is 7.59. The van der Waals surface area contributed by atoms with Crippen molar-refractivity contribution in [2.45, 2.75) is 40.3 Å². The third-order valence-corrected chi connectivity index (χ3v) is 2.73. The number of rotatable bonds is 7. The maximum absolute atomic E-state index is 9.14. The summed E-state index contributed by atoms with van der Waals surface area (Å²) >= 11 is 0. The quantitative estimate of drug-likeness (QED) is 0.743. The fourth-order valence-electron chi connectivity index (χ4n) is 1.65. The Morgan fingerprint density at radius 1 is 1.44 bits per heavy atom. The smallest absolute Gasteiger partial charge is 0.0494 e. The minimum absolute atomic E-state index is 0.0395. The first kappa shape index (κ1) is 13.3. The number of aliphatic hydroxyl groups excluding tert-OH is 1. The molecule has 1 rings (SSSR count). The van der Waals surface area contributed by atoms with Gasteiger partial charge in [-0.2, -0.15) is 0 Å². The first-order valence-corrected chi connectivity index (χ1v) is 6.04. The summed E-state index contributed by atoms with van der Waals surface area (Å²) < 4.78 is 2.28. The van der Waals surface area contributed by atoms with Crippen LogP contribution in [0.15, 0.2) is 18.3 Å². The number of aromatic nitrogens is 1. The maximum Gasteiger partial charge on any atom is 0.0494 e. The van der Waals surface area contributed by atoms with Gasteiger partial charge < -0.3 is 15.0 Å². The topological polar surface area (TPSA) is 37.2 Å². The standard InChI is InChI=1S/C13H24N2O/c1-4-7-15-8-5-6-12(15)9-14-10-13(2,3)11-16/h5-6,8,14,16H,4,7,9-11H2,1-3H3. The van der Waals surface area contributed by atoms with Crippen molar-refractivity contribution >= 4 is 0 Å². The second kappa shape index (κ2) is 6.06. The van der Waals surface area contributed by atoms with Gasteiger partial charge in [-0.25, -0.2) is 0 Å². The summed E-state index contributed by atoms with van der Waals surface area (Å²) in [6, 6.07) is 4.23. The number of hydrogen-bond acceptors (Lipinski definition) is 2. The van der Waals surface area contributed by atoms with Crippen LogP contribution in [0.3, 0.4) is 0 Å². The molecule has 0 fully saturated rings. The van der Waals surface area contributed by atoms with Crippen LogP contribution in [0.1, 0.15) is 32.9 Å². The molecule has 1 aromatic rings. The highest BCUT2D eigenvalue weighted by molar-refractivity contribution is 5.06. The molecule has 1 heterocycles. The molecule has 1 aromatic heterocycles. The van der Waals surface area contributed by atoms with E-state index in [2.05, 4.69) is 49.0 Å². The Labute approximate surface area is 98.5 Å². The lowest BCUT2D eigenvalue weighted by Gasteiger charge is -2.22. The molecule has 0 radical (unpaired) electrons. The minimum atomic E-state index is -0.0395. The first-order valence-electron chi connectivity index (χ1n) is 6.04. The molecule has 16 heavy (non-hydrogen) atoms. The van der Waals surface area contributed by atoms with E-state index in [9.17, 15) is 0 Å². The molecule has 0 aromatic carbocycles. The van der Waals surface area contributed by atoms with E-state index in [1.165, 1.54) is 5.69 Å². The average molecular weight is 224 g/mol. The predicted octanol–water partition coefficient (Wildman–Crippen LogP) is 2.01. The second-order valence-electron chi connectivity index (χ2n) is 5.12. The maximum atomic E-state index is 9.14. The van der Waals surface area contributed by atoms with Crippen LogP contribution in [0.2, 0.25) is 0 Å². The molecule has 0 saturated carbocycles. The minimum Gasteiger partial charge on any atom is -0.396 e. The SMILES string of the molecule is CCCn1cccc1CNCC(C)(C)CO. The Balaban J connectivity index is 2.39. The molecule has 0 amide bonds. The van der Waals surface area contributed by atoms with Crippen LogP contribution >= 0.6 is 0 Å². The van der Waals surface area contributed by atoms with E-state index in [4.69, 9.17) is 5.11 Å². The molecule has 0 aliphatic heterocycles. The summed E-state index contributed by atoms with van der Waals surface area (Å²) in [4.78, 5) is 0. The van der Waals surface area contributed by atoms with E-state index in [0.717, 1.165) is 26.1 Å². The van der Waals surface area contributed by atoms with Crippen molar-refractivity contribution in [3.8, 4) is 0 Å². The summed E-state index contributed by atoms with van der Waals surface area (Å²) in [5.74, 6) is 0. The molecule has 3 heteroatoms. The molecule has 0 unspecified atom stereocenters. The van der Waals surface area contributed by atoms with E-state index in [1.54, 1.807) is 0 Å². The molecular formula is C13H24N2O. The van der Waals surface area contributed by atoms with Gasteiger partial charge in [-0.1, -0.05) is 20.8 Å². The molecular weight excluding hydrogens is 200 g/mol. The Morgan fingerprint density at radius 3 is 2.81 bits per heavy atom. The van der Waals surface area contributed by atoms with Gasteiger partial charge in [0.05, 0.1) is 0 Å². The highest BCUT2D eigenvalue weighted by Gasteiger charge is 2.15. The lowest BCUT2D eigenvalue weighted by Crippen LogP contribution is -2.32. The highest BCUT2D eigenvalue weighted by atomic mass is 16.3. The van der Waals surface area contributed by atoms with Gasteiger partial charge in [-0.3, -0.25) is 0 Å². The van der Waals surface area contributed by atoms with Gasteiger partial charge in [0.1, 0.15) is 0 Å². The summed E-state index contributed by atoms with van der Waals surface area (Å²) in [5, 5.41) is 12.5. The number of aliphatic hydroxyl groups is 1. The van der Waals surface area contributed by atoms with Gasteiger partial charge >= 0.3 is 0 Å². The molecule has 0 aliphatic carbocycles. The van der Waals surface area contributed by atoms with Crippen molar-refractivity contribution in [3.63, 3.8) is 0 Å². The van der Waals surface area contributed by atoms with Gasteiger partial charge in [0.15, 0.2) is 0 Å². The van der Waals surface area contributed by atoms with E-state index >= 15 is 0 Å². The number of nitrogens with one attached hydrogen (secondary N) is 1. The Kier molecular flexibility index (Phi) is 5.03. The van der Waals surface area contributed by atoms with Crippen LogP contribution in [0.5, 0.6) is 0 Å². The Hall–Kier alpha value is -0.800. The second-order valence-corrected chi connectivity index (χ2v) is 5.12. The van der Waals surface area contributed by atoms with Crippen molar-refractivity contribution in [2.24, 2.45) is 5.41 Å². The largest absolute Gasteiger partial charge is 0.396 e. The van der Waals surface area contributed by atoms with E-state index < -0.39 is 0 Å². The number of nitrogens with zero attached hydrogens (tertiary/aromatic N) is 1. The normalized spacial score (nSPS) is 12.0.